The number of thiophene rings is 1. The molecule has 0 fully saturated rings. The van der Waals surface area contributed by atoms with Gasteiger partial charge in [-0.15, -0.1) is 11.3 Å². The van der Waals surface area contributed by atoms with E-state index in [1.807, 2.05) is 205 Å². The van der Waals surface area contributed by atoms with Crippen LogP contribution in [0.4, 0.5) is 0 Å². The lowest BCUT2D eigenvalue weighted by Crippen LogP contribution is -2.17. The number of benzene rings is 19. The van der Waals surface area contributed by atoms with Gasteiger partial charge in [0.2, 0.25) is 0 Å². The van der Waals surface area contributed by atoms with Crippen LogP contribution in [0.3, 0.4) is 0 Å². The minimum absolute atomic E-state index is 0.0238. The van der Waals surface area contributed by atoms with Crippen molar-refractivity contribution in [3.63, 3.8) is 0 Å². The van der Waals surface area contributed by atoms with Crippen molar-refractivity contribution in [1.82, 2.24) is 44.9 Å². The highest BCUT2D eigenvalue weighted by Gasteiger charge is 2.43. The lowest BCUT2D eigenvalue weighted by molar-refractivity contribution is 0.652. The second-order valence-electron chi connectivity index (χ2n) is 38.3. The van der Waals surface area contributed by atoms with Gasteiger partial charge in [-0.1, -0.05) is 406 Å². The SMILES string of the molecule is CC1(C)c2cc(-c3cccc(-c4nc(-c5ccccc5)nc(-c5ccccc5)n4)c3)ccc2-c2c1ccc1ccccc21.CC1(C)c2ccccc2-c2cc3c(cc21)-c1ccc(-c2cccc(-c4nc(-c5ccccc5)nc(-c5ccccc5)n4)c2)cc1C3(C)C.c1ccc(-c2nc(-c3ccccc3)nc(-c3cccc(-c4cccc(-c5ccc6sc7ccc8c9ccccc9oc8c7c6c5)c4)c3)n2)cc1. The zero-order valence-electron chi connectivity index (χ0n) is 78.5. The monoisotopic (exact) mass is 1830 g/mol. The number of rotatable bonds is 13. The topological polar surface area (TPSA) is 129 Å². The predicted molar refractivity (Wildman–Crippen MR) is 581 cm³/mol. The van der Waals surface area contributed by atoms with Gasteiger partial charge >= 0.3 is 0 Å². The van der Waals surface area contributed by atoms with Crippen molar-refractivity contribution in [1.29, 1.82) is 0 Å². The van der Waals surface area contributed by atoms with Crippen LogP contribution in [0, 0.1) is 0 Å². The molecule has 19 aromatic carbocycles. The minimum Gasteiger partial charge on any atom is -0.455 e. The van der Waals surface area contributed by atoms with Crippen LogP contribution in [0.15, 0.2) is 447 Å². The summed E-state index contributed by atoms with van der Waals surface area (Å²) in [5.41, 5.74) is 36.0. The van der Waals surface area contributed by atoms with Crippen LogP contribution in [-0.2, 0) is 16.2 Å². The van der Waals surface area contributed by atoms with E-state index in [4.69, 9.17) is 49.3 Å². The van der Waals surface area contributed by atoms with E-state index in [1.165, 1.54) is 114 Å². The minimum atomic E-state index is -0.127. The average Bonchev–Trinajstić information content (AvgIpc) is 1.54. The molecule has 0 radical (unpaired) electrons. The molecule has 0 atom stereocenters. The maximum atomic E-state index is 6.46. The molecule has 0 aliphatic heterocycles. The van der Waals surface area contributed by atoms with E-state index < -0.39 is 0 Å². The van der Waals surface area contributed by atoms with Crippen LogP contribution >= 0.6 is 11.3 Å². The number of furan rings is 1. The fourth-order valence-electron chi connectivity index (χ4n) is 21.2. The molecule has 24 aromatic rings. The zero-order chi connectivity index (χ0) is 94.6. The Morgan fingerprint density at radius 1 is 0.184 bits per heavy atom. The molecule has 0 unspecified atom stereocenters. The van der Waals surface area contributed by atoms with E-state index >= 15 is 0 Å². The van der Waals surface area contributed by atoms with Crippen LogP contribution in [0.2, 0.25) is 0 Å². The summed E-state index contributed by atoms with van der Waals surface area (Å²) in [5, 5.41) is 7.32. The van der Waals surface area contributed by atoms with Gasteiger partial charge in [0.05, 0.1) is 0 Å². The van der Waals surface area contributed by atoms with Gasteiger partial charge in [-0.25, -0.2) is 44.9 Å². The van der Waals surface area contributed by atoms with Crippen LogP contribution in [-0.4, -0.2) is 44.9 Å². The summed E-state index contributed by atoms with van der Waals surface area (Å²) in [5.74, 6) is 5.93. The number of nitrogens with zero attached hydrogens (tertiary/aromatic N) is 9. The first kappa shape index (κ1) is 85.2. The van der Waals surface area contributed by atoms with Gasteiger partial charge in [-0.2, -0.15) is 0 Å². The Morgan fingerprint density at radius 2 is 0.496 bits per heavy atom. The fraction of sp³-hybridized carbons (Fsp3) is 0.0692. The lowest BCUT2D eigenvalue weighted by Gasteiger charge is -2.24. The lowest BCUT2D eigenvalue weighted by atomic mass is 9.79. The summed E-state index contributed by atoms with van der Waals surface area (Å²) in [7, 11) is 0. The van der Waals surface area contributed by atoms with E-state index in [1.54, 1.807) is 0 Å². The molecular weight excluding hydrogens is 1740 g/mol. The highest BCUT2D eigenvalue weighted by molar-refractivity contribution is 7.26. The maximum Gasteiger partial charge on any atom is 0.164 e. The molecule has 0 spiro atoms. The third kappa shape index (κ3) is 15.3. The van der Waals surface area contributed by atoms with Crippen LogP contribution < -0.4 is 0 Å². The number of hydrogen-bond donors (Lipinski definition) is 0. The Labute approximate surface area is 822 Å². The Balaban J connectivity index is 0.000000112. The molecule has 0 N–H and O–H groups in total. The van der Waals surface area contributed by atoms with E-state index in [-0.39, 0.29) is 16.2 Å². The third-order valence-electron chi connectivity index (χ3n) is 28.6. The summed E-state index contributed by atoms with van der Waals surface area (Å²) in [6.07, 6.45) is 0. The van der Waals surface area contributed by atoms with Gasteiger partial charge in [0.25, 0.3) is 0 Å². The first-order valence-corrected chi connectivity index (χ1v) is 48.8. The van der Waals surface area contributed by atoms with Gasteiger partial charge < -0.3 is 4.42 Å². The molecule has 5 heterocycles. The second-order valence-corrected chi connectivity index (χ2v) is 39.3. The highest BCUT2D eigenvalue weighted by atomic mass is 32.1. The van der Waals surface area contributed by atoms with E-state index in [2.05, 4.69) is 290 Å². The van der Waals surface area contributed by atoms with Crippen LogP contribution in [0.5, 0.6) is 0 Å². The van der Waals surface area contributed by atoms with Gasteiger partial charge in [0, 0.05) is 97.3 Å². The molecular formula is C130H91N9OS. The summed E-state index contributed by atoms with van der Waals surface area (Å²) < 4.78 is 8.95. The van der Waals surface area contributed by atoms with Crippen molar-refractivity contribution in [2.24, 2.45) is 0 Å². The molecule has 27 rings (SSSR count). The number of hydrogen-bond acceptors (Lipinski definition) is 11. The zero-order valence-corrected chi connectivity index (χ0v) is 79.3. The van der Waals surface area contributed by atoms with Gasteiger partial charge in [-0.05, 0) is 201 Å². The summed E-state index contributed by atoms with van der Waals surface area (Å²) in [6.45, 7) is 14.1. The third-order valence-corrected chi connectivity index (χ3v) is 29.7. The van der Waals surface area contributed by atoms with Crippen molar-refractivity contribution in [3.8, 4) is 180 Å². The molecule has 5 aromatic heterocycles. The van der Waals surface area contributed by atoms with Gasteiger partial charge in [-0.3, -0.25) is 0 Å². The number of fused-ring (bicyclic) bond motifs is 18. The molecule has 0 saturated heterocycles. The van der Waals surface area contributed by atoms with Gasteiger partial charge in [0.1, 0.15) is 11.2 Å². The standard InChI is InChI=1S/C45H27N3OS.C45H35N3.C40H29N3/c1-3-11-28(12-4-1)43-46-44(29-13-5-2-6-14-29)48-45(47-43)34-18-10-17-32(26-34)30-15-9-16-31(25-30)33-21-23-39-37(27-33)41-40(50-39)24-22-36-35-19-7-8-20-38(35)49-42(36)41;1-44(2)37-21-12-11-20-33(37)35-26-40-36(27-39(35)44)34-23-22-31(25-38(34)45(40,3)4)30-18-13-19-32(24-30)43-47-41(28-14-7-5-8-15-28)46-42(48-43)29-16-9-6-10-17-29;1-40(2)34-23-21-26-12-9-10-19-32(26)36(34)33-22-20-30(25-35(33)40)29-17-11-18-31(24-29)39-42-37(27-13-5-3-6-14-27)41-38(43-39)28-15-7-4-8-16-28/h1-27H;5-27H,1-4H3;3-25H,1-2H3. The van der Waals surface area contributed by atoms with Crippen LogP contribution in [0.1, 0.15) is 74.9 Å². The van der Waals surface area contributed by atoms with Gasteiger partial charge in [0.15, 0.2) is 52.4 Å². The Kier molecular flexibility index (Phi) is 20.9. The smallest absolute Gasteiger partial charge is 0.164 e. The quantitative estimate of drug-likeness (QED) is 0.110. The Morgan fingerprint density at radius 3 is 0.950 bits per heavy atom. The maximum absolute atomic E-state index is 6.46. The summed E-state index contributed by atoms with van der Waals surface area (Å²) in [6, 6.07) is 156. The molecule has 10 nitrogen and oxygen atoms in total. The molecule has 3 aliphatic carbocycles. The first-order valence-electron chi connectivity index (χ1n) is 48.0. The largest absolute Gasteiger partial charge is 0.455 e. The van der Waals surface area contributed by atoms with Crippen molar-refractivity contribution < 1.29 is 4.42 Å². The molecule has 3 aliphatic rings. The van der Waals surface area contributed by atoms with E-state index in [0.29, 0.717) is 52.4 Å². The molecule has 0 amide bonds. The molecule has 0 saturated carbocycles. The summed E-state index contributed by atoms with van der Waals surface area (Å²) in [4.78, 5) is 44.4. The number of para-hydroxylation sites is 1. The molecule has 11 heteroatoms. The van der Waals surface area contributed by atoms with Crippen molar-refractivity contribution in [2.75, 3.05) is 0 Å². The average molecular weight is 1830 g/mol. The van der Waals surface area contributed by atoms with Crippen molar-refractivity contribution >= 4 is 64.2 Å². The van der Waals surface area contributed by atoms with Crippen LogP contribution in [0.25, 0.3) is 233 Å². The molecule has 141 heavy (non-hydrogen) atoms. The predicted octanol–water partition coefficient (Wildman–Crippen LogP) is 33.6. The Hall–Kier alpha value is -17.5. The number of aromatic nitrogens is 9. The Bertz CT molecular complexity index is 8900. The fourth-order valence-corrected chi connectivity index (χ4v) is 22.3. The molecule has 668 valence electrons. The first-order chi connectivity index (χ1) is 69.1. The van der Waals surface area contributed by atoms with Crippen molar-refractivity contribution in [3.05, 3.63) is 476 Å². The second kappa shape index (κ2) is 34.6. The summed E-state index contributed by atoms with van der Waals surface area (Å²) >= 11 is 1.81. The normalized spacial score (nSPS) is 13.1. The highest BCUT2D eigenvalue weighted by Crippen LogP contribution is 2.58. The molecule has 0 bridgehead atoms. The van der Waals surface area contributed by atoms with E-state index in [9.17, 15) is 0 Å². The van der Waals surface area contributed by atoms with E-state index in [0.717, 1.165) is 99.8 Å². The van der Waals surface area contributed by atoms with Crippen molar-refractivity contribution in [2.45, 2.75) is 57.8 Å².